The summed E-state index contributed by atoms with van der Waals surface area (Å²) < 4.78 is 42.4. The number of hydrogen-bond acceptors (Lipinski definition) is 8. The van der Waals surface area contributed by atoms with Crippen molar-refractivity contribution in [2.45, 2.75) is 20.8 Å². The first-order valence-electron chi connectivity index (χ1n) is 9.79. The number of nitrogens with one attached hydrogen (secondary N) is 1. The van der Waals surface area contributed by atoms with Crippen LogP contribution in [0.15, 0.2) is 34.7 Å². The molecule has 0 aliphatic carbocycles. The summed E-state index contributed by atoms with van der Waals surface area (Å²) in [5.41, 5.74) is -0.443. The summed E-state index contributed by atoms with van der Waals surface area (Å²) in [7, 11) is -4.10. The SMILES string of the molecule is CC.Cc1nnc(-c2c(=O)n(C#N)n3cc(NS(=O)(=O)/C=C/c4c(Cl)cc(F)cc4Cl)cnc23)s1. The van der Waals surface area contributed by atoms with Crippen LogP contribution in [0.1, 0.15) is 24.4 Å². The monoisotopic (exact) mass is 555 g/mol. The molecule has 0 atom stereocenters. The Hall–Kier alpha value is -3.31. The van der Waals surface area contributed by atoms with Gasteiger partial charge in [-0.3, -0.25) is 9.52 Å². The zero-order valence-electron chi connectivity index (χ0n) is 18.3. The summed E-state index contributed by atoms with van der Waals surface area (Å²) in [5.74, 6) is -0.666. The maximum Gasteiger partial charge on any atom is 0.293 e. The molecule has 0 amide bonds. The first kappa shape index (κ1) is 26.3. The van der Waals surface area contributed by atoms with Crippen LogP contribution in [-0.4, -0.2) is 32.8 Å². The van der Waals surface area contributed by atoms with Crippen molar-refractivity contribution in [2.24, 2.45) is 0 Å². The van der Waals surface area contributed by atoms with E-state index in [0.717, 1.165) is 39.5 Å². The van der Waals surface area contributed by atoms with E-state index in [2.05, 4.69) is 19.9 Å². The van der Waals surface area contributed by atoms with Crippen LogP contribution in [0.4, 0.5) is 10.1 Å². The normalized spacial score (nSPS) is 11.3. The lowest BCUT2D eigenvalue weighted by atomic mass is 10.2. The molecule has 3 aromatic heterocycles. The van der Waals surface area contributed by atoms with Crippen molar-refractivity contribution in [1.29, 1.82) is 5.26 Å². The van der Waals surface area contributed by atoms with Gasteiger partial charge in [0.2, 0.25) is 6.19 Å². The Morgan fingerprint density at radius 1 is 1.23 bits per heavy atom. The van der Waals surface area contributed by atoms with E-state index in [1.807, 2.05) is 13.8 Å². The van der Waals surface area contributed by atoms with Crippen LogP contribution in [0.2, 0.25) is 10.0 Å². The summed E-state index contributed by atoms with van der Waals surface area (Å²) in [6.45, 7) is 5.71. The van der Waals surface area contributed by atoms with Gasteiger partial charge in [-0.05, 0) is 25.1 Å². The number of aryl methyl sites for hydroxylation is 1. The third-order valence-electron chi connectivity index (χ3n) is 4.20. The van der Waals surface area contributed by atoms with Crippen LogP contribution < -0.4 is 10.3 Å². The van der Waals surface area contributed by atoms with Crippen molar-refractivity contribution in [3.05, 3.63) is 66.7 Å². The minimum Gasteiger partial charge on any atom is -0.277 e. The Kier molecular flexibility index (Phi) is 7.91. The molecule has 182 valence electrons. The Bertz CT molecular complexity index is 1630. The highest BCUT2D eigenvalue weighted by Gasteiger charge is 2.21. The van der Waals surface area contributed by atoms with Gasteiger partial charge >= 0.3 is 0 Å². The molecule has 0 aliphatic heterocycles. The summed E-state index contributed by atoms with van der Waals surface area (Å²) in [6, 6.07) is 1.99. The highest BCUT2D eigenvalue weighted by atomic mass is 35.5. The first-order chi connectivity index (χ1) is 16.6. The number of aromatic nitrogens is 5. The fraction of sp³-hybridized carbons (Fsp3) is 0.150. The molecule has 0 unspecified atom stereocenters. The third-order valence-corrected chi connectivity index (χ3v) is 6.70. The zero-order chi connectivity index (χ0) is 25.9. The van der Waals surface area contributed by atoms with Crippen molar-refractivity contribution < 1.29 is 12.8 Å². The number of anilines is 1. The van der Waals surface area contributed by atoms with Gasteiger partial charge in [-0.2, -0.15) is 5.26 Å². The second kappa shape index (κ2) is 10.5. The van der Waals surface area contributed by atoms with Gasteiger partial charge in [0.25, 0.3) is 15.6 Å². The molecule has 0 radical (unpaired) electrons. The number of fused-ring (bicyclic) bond motifs is 1. The van der Waals surface area contributed by atoms with Crippen molar-refractivity contribution in [2.75, 3.05) is 4.72 Å². The first-order valence-corrected chi connectivity index (χ1v) is 12.9. The van der Waals surface area contributed by atoms with E-state index in [1.54, 1.807) is 13.1 Å². The molecule has 3 heterocycles. The minimum atomic E-state index is -4.10. The standard InChI is InChI=1S/C18H10Cl2FN7O3S2.C2H6/c1-9-24-25-17(32-9)15-16-23-6-11(7-27(16)28(8-22)18(15)29)26-33(30,31)3-2-12-13(19)4-10(21)5-14(12)20;1-2/h2-7,26H,1H3;1-2H3/b3-2+;. The van der Waals surface area contributed by atoms with Crippen LogP contribution >= 0.6 is 34.5 Å². The van der Waals surface area contributed by atoms with Gasteiger partial charge in [-0.1, -0.05) is 48.4 Å². The maximum atomic E-state index is 13.3. The molecule has 15 heteroatoms. The number of nitrogens with zero attached hydrogens (tertiary/aromatic N) is 6. The van der Waals surface area contributed by atoms with E-state index >= 15 is 0 Å². The lowest BCUT2D eigenvalue weighted by Crippen LogP contribution is -2.16. The van der Waals surface area contributed by atoms with Gasteiger partial charge in [0.15, 0.2) is 10.7 Å². The fourth-order valence-corrected chi connectivity index (χ4v) is 4.97. The van der Waals surface area contributed by atoms with Gasteiger partial charge in [-0.25, -0.2) is 22.3 Å². The number of halogens is 3. The third kappa shape index (κ3) is 5.51. The van der Waals surface area contributed by atoms with Gasteiger partial charge in [0, 0.05) is 5.56 Å². The van der Waals surface area contributed by atoms with Crippen LogP contribution in [0.5, 0.6) is 0 Å². The van der Waals surface area contributed by atoms with Crippen LogP contribution in [0, 0.1) is 24.2 Å². The topological polar surface area (TPSA) is 135 Å². The second-order valence-electron chi connectivity index (χ2n) is 6.46. The van der Waals surface area contributed by atoms with E-state index in [-0.39, 0.29) is 37.5 Å². The quantitative estimate of drug-likeness (QED) is 0.381. The van der Waals surface area contributed by atoms with Crippen molar-refractivity contribution >= 4 is 62.0 Å². The summed E-state index contributed by atoms with van der Waals surface area (Å²) in [4.78, 5) is 16.8. The van der Waals surface area contributed by atoms with E-state index in [9.17, 15) is 22.9 Å². The molecular formula is C20H16Cl2FN7O3S2. The average Bonchev–Trinajstić information content (AvgIpc) is 3.33. The summed E-state index contributed by atoms with van der Waals surface area (Å²) >= 11 is 13.0. The molecule has 10 nitrogen and oxygen atoms in total. The Morgan fingerprint density at radius 2 is 1.89 bits per heavy atom. The van der Waals surface area contributed by atoms with Crippen LogP contribution in [0.25, 0.3) is 22.3 Å². The van der Waals surface area contributed by atoms with Gasteiger partial charge < -0.3 is 0 Å². The number of rotatable bonds is 5. The highest BCUT2D eigenvalue weighted by Crippen LogP contribution is 2.28. The lowest BCUT2D eigenvalue weighted by Gasteiger charge is -2.06. The summed E-state index contributed by atoms with van der Waals surface area (Å²) in [6.07, 6.45) is 5.22. The molecule has 1 N–H and O–H groups in total. The minimum absolute atomic E-state index is 0.0394. The molecule has 35 heavy (non-hydrogen) atoms. The van der Waals surface area contributed by atoms with Gasteiger partial charge in [0.05, 0.1) is 33.5 Å². The molecule has 1 aromatic carbocycles. The van der Waals surface area contributed by atoms with Crippen LogP contribution in [0.3, 0.4) is 0 Å². The van der Waals surface area contributed by atoms with E-state index in [0.29, 0.717) is 9.69 Å². The molecule has 0 saturated carbocycles. The van der Waals surface area contributed by atoms with Crippen LogP contribution in [-0.2, 0) is 10.0 Å². The van der Waals surface area contributed by atoms with Gasteiger partial charge in [0.1, 0.15) is 16.4 Å². The molecule has 4 rings (SSSR count). The molecule has 0 fully saturated rings. The number of nitriles is 1. The predicted octanol–water partition coefficient (Wildman–Crippen LogP) is 4.54. The smallest absolute Gasteiger partial charge is 0.277 e. The largest absolute Gasteiger partial charge is 0.293 e. The predicted molar refractivity (Wildman–Crippen MR) is 133 cm³/mol. The molecule has 0 bridgehead atoms. The van der Waals surface area contributed by atoms with Crippen molar-refractivity contribution in [3.8, 4) is 16.8 Å². The molecule has 0 spiro atoms. The highest BCUT2D eigenvalue weighted by molar-refractivity contribution is 7.95. The molecule has 4 aromatic rings. The van der Waals surface area contributed by atoms with Crippen molar-refractivity contribution in [1.82, 2.24) is 24.4 Å². The van der Waals surface area contributed by atoms with E-state index < -0.39 is 21.4 Å². The Labute approximate surface area is 212 Å². The van der Waals surface area contributed by atoms with Crippen molar-refractivity contribution in [3.63, 3.8) is 0 Å². The second-order valence-corrected chi connectivity index (χ2v) is 10.0. The molecule has 0 aliphatic rings. The average molecular weight is 556 g/mol. The molecule has 0 saturated heterocycles. The number of hydrogen-bond donors (Lipinski definition) is 1. The Balaban J connectivity index is 0.00000167. The Morgan fingerprint density at radius 3 is 2.46 bits per heavy atom. The van der Waals surface area contributed by atoms with Gasteiger partial charge in [-0.15, -0.1) is 14.9 Å². The van der Waals surface area contributed by atoms with E-state index in [1.165, 1.54) is 12.4 Å². The maximum absolute atomic E-state index is 13.3. The number of benzene rings is 1. The fourth-order valence-electron chi connectivity index (χ4n) is 2.85. The molecular weight excluding hydrogens is 540 g/mol. The zero-order valence-corrected chi connectivity index (χ0v) is 21.5. The number of sulfonamides is 1. The lowest BCUT2D eigenvalue weighted by molar-refractivity contribution is 0.609. The van der Waals surface area contributed by atoms with E-state index in [4.69, 9.17) is 23.2 Å². The summed E-state index contributed by atoms with van der Waals surface area (Å²) in [5, 5.41) is 18.7.